The average Bonchev–Trinajstić information content (AvgIpc) is 2.23. The third kappa shape index (κ3) is 2.80. The van der Waals surface area contributed by atoms with E-state index in [2.05, 4.69) is 28.6 Å². The predicted octanol–water partition coefficient (Wildman–Crippen LogP) is 0.542. The van der Waals surface area contributed by atoms with Crippen molar-refractivity contribution in [3.63, 3.8) is 0 Å². The van der Waals surface area contributed by atoms with Crippen molar-refractivity contribution >= 4 is 0 Å². The van der Waals surface area contributed by atoms with Gasteiger partial charge in [0.2, 0.25) is 0 Å². The van der Waals surface area contributed by atoms with Gasteiger partial charge in [0.1, 0.15) is 0 Å². The van der Waals surface area contributed by atoms with Crippen LogP contribution < -0.4 is 5.32 Å². The Bertz CT molecular complexity index is 215. The molecule has 2 heterocycles. The van der Waals surface area contributed by atoms with Gasteiger partial charge in [0, 0.05) is 51.9 Å². The molecule has 1 N–H and O–H groups in total. The van der Waals surface area contributed by atoms with Gasteiger partial charge in [-0.1, -0.05) is 19.1 Å². The summed E-state index contributed by atoms with van der Waals surface area (Å²) in [7, 11) is 0. The first-order valence-electron chi connectivity index (χ1n) is 6.13. The molecule has 0 unspecified atom stereocenters. The van der Waals surface area contributed by atoms with Crippen molar-refractivity contribution in [2.45, 2.75) is 19.4 Å². The average molecular weight is 209 g/mol. The van der Waals surface area contributed by atoms with Gasteiger partial charge in [-0.05, 0) is 6.42 Å². The highest BCUT2D eigenvalue weighted by molar-refractivity contribution is 5.00. The Hall–Kier alpha value is -0.380. The van der Waals surface area contributed by atoms with Crippen LogP contribution >= 0.6 is 0 Å². The Morgan fingerprint density at radius 2 is 2.00 bits per heavy atom. The van der Waals surface area contributed by atoms with Crippen LogP contribution in [0.4, 0.5) is 0 Å². The molecule has 0 aromatic heterocycles. The lowest BCUT2D eigenvalue weighted by molar-refractivity contribution is 0.0331. The van der Waals surface area contributed by atoms with E-state index < -0.39 is 0 Å². The van der Waals surface area contributed by atoms with E-state index in [0.717, 1.165) is 32.1 Å². The minimum Gasteiger partial charge on any atom is -0.314 e. The summed E-state index contributed by atoms with van der Waals surface area (Å²) in [6.07, 6.45) is 1.12. The third-order valence-corrected chi connectivity index (χ3v) is 3.55. The Morgan fingerprint density at radius 3 is 2.60 bits per heavy atom. The first-order valence-corrected chi connectivity index (χ1v) is 6.13. The molecule has 0 radical (unpaired) electrons. The topological polar surface area (TPSA) is 18.5 Å². The van der Waals surface area contributed by atoms with Gasteiger partial charge in [-0.2, -0.15) is 0 Å². The SMILES string of the molecule is C=C(CC)CN1CC(N2CCNCC2)C1. The predicted molar refractivity (Wildman–Crippen MR) is 64.1 cm³/mol. The van der Waals surface area contributed by atoms with E-state index in [1.807, 2.05) is 0 Å². The number of piperazine rings is 1. The monoisotopic (exact) mass is 209 g/mol. The smallest absolute Gasteiger partial charge is 0.0351 e. The van der Waals surface area contributed by atoms with Crippen molar-refractivity contribution < 1.29 is 0 Å². The lowest BCUT2D eigenvalue weighted by Gasteiger charge is -2.47. The molecule has 2 fully saturated rings. The van der Waals surface area contributed by atoms with E-state index in [4.69, 9.17) is 0 Å². The third-order valence-electron chi connectivity index (χ3n) is 3.55. The molecule has 3 nitrogen and oxygen atoms in total. The number of hydrogen-bond acceptors (Lipinski definition) is 3. The van der Waals surface area contributed by atoms with Crippen LogP contribution in [-0.4, -0.2) is 61.7 Å². The van der Waals surface area contributed by atoms with Crippen molar-refractivity contribution in [3.8, 4) is 0 Å². The Balaban J connectivity index is 1.66. The van der Waals surface area contributed by atoms with Gasteiger partial charge in [0.15, 0.2) is 0 Å². The maximum Gasteiger partial charge on any atom is 0.0351 e. The summed E-state index contributed by atoms with van der Waals surface area (Å²) in [6, 6.07) is 0.816. The Kier molecular flexibility index (Phi) is 3.78. The van der Waals surface area contributed by atoms with Crippen LogP contribution in [-0.2, 0) is 0 Å². The summed E-state index contributed by atoms with van der Waals surface area (Å²) >= 11 is 0. The van der Waals surface area contributed by atoms with Crippen molar-refractivity contribution in [2.75, 3.05) is 45.8 Å². The Morgan fingerprint density at radius 1 is 1.33 bits per heavy atom. The molecule has 0 spiro atoms. The van der Waals surface area contributed by atoms with Crippen molar-refractivity contribution in [1.82, 2.24) is 15.1 Å². The molecule has 0 bridgehead atoms. The van der Waals surface area contributed by atoms with Crippen LogP contribution in [0.15, 0.2) is 12.2 Å². The second-order valence-corrected chi connectivity index (χ2v) is 4.74. The molecule has 0 saturated carbocycles. The van der Waals surface area contributed by atoms with Gasteiger partial charge in [-0.25, -0.2) is 0 Å². The van der Waals surface area contributed by atoms with E-state index in [0.29, 0.717) is 0 Å². The van der Waals surface area contributed by atoms with Crippen LogP contribution in [0.5, 0.6) is 0 Å². The fourth-order valence-corrected chi connectivity index (χ4v) is 2.38. The maximum atomic E-state index is 4.07. The normalized spacial score (nSPS) is 25.1. The van der Waals surface area contributed by atoms with Crippen LogP contribution in [0.2, 0.25) is 0 Å². The summed E-state index contributed by atoms with van der Waals surface area (Å²) in [6.45, 7) is 14.7. The van der Waals surface area contributed by atoms with Crippen molar-refractivity contribution in [3.05, 3.63) is 12.2 Å². The van der Waals surface area contributed by atoms with Crippen LogP contribution in [0, 0.1) is 0 Å². The molecular formula is C12H23N3. The minimum atomic E-state index is 0.816. The maximum absolute atomic E-state index is 4.07. The molecule has 86 valence electrons. The highest BCUT2D eigenvalue weighted by Gasteiger charge is 2.31. The lowest BCUT2D eigenvalue weighted by atomic mass is 10.0. The number of nitrogens with one attached hydrogen (secondary N) is 1. The fraction of sp³-hybridized carbons (Fsp3) is 0.833. The second kappa shape index (κ2) is 5.10. The van der Waals surface area contributed by atoms with Crippen molar-refractivity contribution in [1.29, 1.82) is 0 Å². The van der Waals surface area contributed by atoms with Crippen LogP contribution in [0.3, 0.4) is 0 Å². The zero-order valence-corrected chi connectivity index (χ0v) is 9.84. The molecule has 0 atom stereocenters. The van der Waals surface area contributed by atoms with Crippen LogP contribution in [0.25, 0.3) is 0 Å². The molecular weight excluding hydrogens is 186 g/mol. The molecule has 2 aliphatic rings. The number of nitrogens with zero attached hydrogens (tertiary/aromatic N) is 2. The van der Waals surface area contributed by atoms with Gasteiger partial charge in [0.25, 0.3) is 0 Å². The van der Waals surface area contributed by atoms with Crippen LogP contribution in [0.1, 0.15) is 13.3 Å². The highest BCUT2D eigenvalue weighted by Crippen LogP contribution is 2.17. The molecule has 0 aromatic carbocycles. The van der Waals surface area contributed by atoms with E-state index in [-0.39, 0.29) is 0 Å². The number of hydrogen-bond donors (Lipinski definition) is 1. The lowest BCUT2D eigenvalue weighted by Crippen LogP contribution is -2.62. The highest BCUT2D eigenvalue weighted by atomic mass is 15.3. The Labute approximate surface area is 93.1 Å². The van der Waals surface area contributed by atoms with Gasteiger partial charge in [-0.3, -0.25) is 9.80 Å². The van der Waals surface area contributed by atoms with Gasteiger partial charge in [-0.15, -0.1) is 0 Å². The molecule has 3 heteroatoms. The molecule has 2 saturated heterocycles. The molecule has 0 aromatic rings. The van der Waals surface area contributed by atoms with Gasteiger partial charge < -0.3 is 5.32 Å². The molecule has 0 aliphatic carbocycles. The van der Waals surface area contributed by atoms with E-state index in [9.17, 15) is 0 Å². The number of rotatable bonds is 4. The summed E-state index contributed by atoms with van der Waals surface area (Å²) in [4.78, 5) is 5.14. The molecule has 2 rings (SSSR count). The van der Waals surface area contributed by atoms with E-state index in [1.54, 1.807) is 0 Å². The standard InChI is InChI=1S/C12H23N3/c1-3-11(2)8-14-9-12(10-14)15-6-4-13-5-7-15/h12-13H,2-10H2,1H3. The quantitative estimate of drug-likeness (QED) is 0.682. The summed E-state index contributed by atoms with van der Waals surface area (Å²) < 4.78 is 0. The molecule has 2 aliphatic heterocycles. The summed E-state index contributed by atoms with van der Waals surface area (Å²) in [5, 5.41) is 3.40. The number of likely N-dealkylation sites (tertiary alicyclic amines) is 1. The first-order chi connectivity index (χ1) is 7.29. The zero-order chi connectivity index (χ0) is 10.7. The minimum absolute atomic E-state index is 0.816. The van der Waals surface area contributed by atoms with Gasteiger partial charge in [0.05, 0.1) is 0 Å². The first kappa shape index (κ1) is 11.1. The van der Waals surface area contributed by atoms with E-state index >= 15 is 0 Å². The summed E-state index contributed by atoms with van der Waals surface area (Å²) in [5.74, 6) is 0. The van der Waals surface area contributed by atoms with Gasteiger partial charge >= 0.3 is 0 Å². The zero-order valence-electron chi connectivity index (χ0n) is 9.84. The second-order valence-electron chi connectivity index (χ2n) is 4.74. The molecule has 15 heavy (non-hydrogen) atoms. The largest absolute Gasteiger partial charge is 0.314 e. The van der Waals surface area contributed by atoms with E-state index in [1.165, 1.54) is 31.8 Å². The molecule has 0 amide bonds. The summed E-state index contributed by atoms with van der Waals surface area (Å²) in [5.41, 5.74) is 1.37. The fourth-order valence-electron chi connectivity index (χ4n) is 2.38. The van der Waals surface area contributed by atoms with Crippen molar-refractivity contribution in [2.24, 2.45) is 0 Å².